The number of nitro benzene ring substituents is 1. The molecule has 1 aromatic rings. The summed E-state index contributed by atoms with van der Waals surface area (Å²) < 4.78 is 13.4. The van der Waals surface area contributed by atoms with Crippen LogP contribution >= 0.6 is 11.6 Å². The van der Waals surface area contributed by atoms with Crippen molar-refractivity contribution in [3.8, 4) is 0 Å². The van der Waals surface area contributed by atoms with Crippen molar-refractivity contribution in [1.29, 1.82) is 0 Å². The summed E-state index contributed by atoms with van der Waals surface area (Å²) in [6.45, 7) is 0. The zero-order valence-corrected chi connectivity index (χ0v) is 11.7. The van der Waals surface area contributed by atoms with Crippen LogP contribution in [0.25, 0.3) is 0 Å². The first-order valence-electron chi connectivity index (χ1n) is 6.64. The van der Waals surface area contributed by atoms with Crippen molar-refractivity contribution in [3.63, 3.8) is 0 Å². The van der Waals surface area contributed by atoms with Gasteiger partial charge >= 0.3 is 0 Å². The van der Waals surface area contributed by atoms with E-state index in [9.17, 15) is 14.5 Å². The second-order valence-electron chi connectivity index (χ2n) is 5.09. The maximum Gasteiger partial charge on any atom is 0.295 e. The molecule has 1 aliphatic carbocycles. The second-order valence-corrected chi connectivity index (χ2v) is 5.50. The Balaban J connectivity index is 2.27. The summed E-state index contributed by atoms with van der Waals surface area (Å²) in [5.41, 5.74) is 5.99. The standard InChI is InChI=1S/C13H17ClFN3O2/c14-8-6-12(13(18(19)20)7-9(8)15)17-11-5-3-1-2-4-10(11)16/h6-7,10-11,17H,1-5,16H2. The van der Waals surface area contributed by atoms with Crippen molar-refractivity contribution < 1.29 is 9.31 Å². The van der Waals surface area contributed by atoms with Gasteiger partial charge in [-0.05, 0) is 18.9 Å². The lowest BCUT2D eigenvalue weighted by Crippen LogP contribution is -2.39. The second kappa shape index (κ2) is 6.37. The van der Waals surface area contributed by atoms with Crippen LogP contribution in [0.3, 0.4) is 0 Å². The SMILES string of the molecule is NC1CCCCCC1Nc1cc(Cl)c(F)cc1[N+](=O)[O-]. The molecule has 1 aliphatic rings. The van der Waals surface area contributed by atoms with E-state index < -0.39 is 10.7 Å². The molecular formula is C13H17ClFN3O2. The molecule has 0 radical (unpaired) electrons. The molecule has 7 heteroatoms. The summed E-state index contributed by atoms with van der Waals surface area (Å²) in [5, 5.41) is 13.9. The summed E-state index contributed by atoms with van der Waals surface area (Å²) >= 11 is 5.71. The quantitative estimate of drug-likeness (QED) is 0.509. The van der Waals surface area contributed by atoms with Gasteiger partial charge in [0.15, 0.2) is 0 Å². The molecular weight excluding hydrogens is 285 g/mol. The molecule has 0 saturated heterocycles. The minimum atomic E-state index is -0.797. The highest BCUT2D eigenvalue weighted by molar-refractivity contribution is 6.31. The Morgan fingerprint density at radius 2 is 2.05 bits per heavy atom. The normalized spacial score (nSPS) is 23.1. The van der Waals surface area contributed by atoms with E-state index in [0.29, 0.717) is 0 Å². The lowest BCUT2D eigenvalue weighted by Gasteiger charge is -2.23. The average molecular weight is 302 g/mol. The van der Waals surface area contributed by atoms with Crippen LogP contribution in [0.15, 0.2) is 12.1 Å². The van der Waals surface area contributed by atoms with Gasteiger partial charge in [-0.25, -0.2) is 4.39 Å². The zero-order chi connectivity index (χ0) is 14.7. The molecule has 2 atom stereocenters. The van der Waals surface area contributed by atoms with Crippen LogP contribution in [0.2, 0.25) is 5.02 Å². The number of rotatable bonds is 3. The fourth-order valence-electron chi connectivity index (χ4n) is 2.52. The molecule has 0 aromatic heterocycles. The van der Waals surface area contributed by atoms with Gasteiger partial charge in [0.2, 0.25) is 0 Å². The van der Waals surface area contributed by atoms with E-state index in [4.69, 9.17) is 17.3 Å². The molecule has 20 heavy (non-hydrogen) atoms. The predicted octanol–water partition coefficient (Wildman–Crippen LogP) is 3.46. The van der Waals surface area contributed by atoms with Crippen LogP contribution in [-0.4, -0.2) is 17.0 Å². The lowest BCUT2D eigenvalue weighted by molar-refractivity contribution is -0.384. The highest BCUT2D eigenvalue weighted by Crippen LogP contribution is 2.32. The first kappa shape index (κ1) is 15.0. The Kier molecular flexibility index (Phi) is 4.77. The van der Waals surface area contributed by atoms with Crippen molar-refractivity contribution in [2.45, 2.75) is 44.2 Å². The Morgan fingerprint density at radius 1 is 1.35 bits per heavy atom. The number of nitro groups is 1. The summed E-state index contributed by atoms with van der Waals surface area (Å²) in [7, 11) is 0. The Hall–Kier alpha value is -1.40. The van der Waals surface area contributed by atoms with Crippen LogP contribution in [0.5, 0.6) is 0 Å². The van der Waals surface area contributed by atoms with Crippen LogP contribution < -0.4 is 11.1 Å². The molecule has 0 heterocycles. The topological polar surface area (TPSA) is 81.2 Å². The molecule has 1 saturated carbocycles. The molecule has 3 N–H and O–H groups in total. The predicted molar refractivity (Wildman–Crippen MR) is 76.5 cm³/mol. The summed E-state index contributed by atoms with van der Waals surface area (Å²) in [6.07, 6.45) is 4.91. The average Bonchev–Trinajstić information content (AvgIpc) is 2.59. The number of halogens is 2. The Morgan fingerprint density at radius 3 is 2.75 bits per heavy atom. The monoisotopic (exact) mass is 301 g/mol. The van der Waals surface area contributed by atoms with E-state index in [0.717, 1.165) is 38.2 Å². The third-order valence-electron chi connectivity index (χ3n) is 3.65. The van der Waals surface area contributed by atoms with Crippen LogP contribution in [-0.2, 0) is 0 Å². The number of nitrogens with zero attached hydrogens (tertiary/aromatic N) is 1. The van der Waals surface area contributed by atoms with Crippen molar-refractivity contribution >= 4 is 23.0 Å². The molecule has 2 rings (SSSR count). The third kappa shape index (κ3) is 3.37. The summed E-state index contributed by atoms with van der Waals surface area (Å²) in [4.78, 5) is 10.4. The Labute approximate surface area is 121 Å². The van der Waals surface area contributed by atoms with Crippen molar-refractivity contribution in [2.75, 3.05) is 5.32 Å². The van der Waals surface area contributed by atoms with Crippen molar-refractivity contribution in [2.24, 2.45) is 5.73 Å². The molecule has 2 unspecified atom stereocenters. The van der Waals surface area contributed by atoms with E-state index in [-0.39, 0.29) is 28.5 Å². The van der Waals surface area contributed by atoms with Crippen LogP contribution in [0.1, 0.15) is 32.1 Å². The summed E-state index contributed by atoms with van der Waals surface area (Å²) in [5.74, 6) is -0.797. The molecule has 0 amide bonds. The fourth-order valence-corrected chi connectivity index (χ4v) is 2.68. The van der Waals surface area contributed by atoms with Gasteiger partial charge in [0.25, 0.3) is 5.69 Å². The molecule has 1 aromatic carbocycles. The minimum absolute atomic E-state index is 0.0577. The Bertz CT molecular complexity index is 513. The molecule has 5 nitrogen and oxygen atoms in total. The lowest BCUT2D eigenvalue weighted by atomic mass is 10.0. The van der Waals surface area contributed by atoms with Gasteiger partial charge in [-0.3, -0.25) is 10.1 Å². The van der Waals surface area contributed by atoms with Gasteiger partial charge in [0.1, 0.15) is 11.5 Å². The van der Waals surface area contributed by atoms with Crippen molar-refractivity contribution in [3.05, 3.63) is 33.1 Å². The first-order chi connectivity index (χ1) is 9.49. The van der Waals surface area contributed by atoms with Gasteiger partial charge in [-0.1, -0.05) is 30.9 Å². The number of hydrogen-bond acceptors (Lipinski definition) is 4. The first-order valence-corrected chi connectivity index (χ1v) is 7.02. The van der Waals surface area contributed by atoms with Crippen molar-refractivity contribution in [1.82, 2.24) is 0 Å². The zero-order valence-electron chi connectivity index (χ0n) is 10.9. The highest BCUT2D eigenvalue weighted by atomic mass is 35.5. The van der Waals surface area contributed by atoms with E-state index in [1.807, 2.05) is 0 Å². The fraction of sp³-hybridized carbons (Fsp3) is 0.538. The maximum atomic E-state index is 13.4. The van der Waals surface area contributed by atoms with E-state index >= 15 is 0 Å². The third-order valence-corrected chi connectivity index (χ3v) is 3.94. The van der Waals surface area contributed by atoms with Gasteiger partial charge in [-0.15, -0.1) is 0 Å². The van der Waals surface area contributed by atoms with Crippen LogP contribution in [0, 0.1) is 15.9 Å². The number of anilines is 1. The molecule has 0 bridgehead atoms. The van der Waals surface area contributed by atoms with Gasteiger partial charge in [0, 0.05) is 12.1 Å². The smallest absolute Gasteiger partial charge is 0.295 e. The largest absolute Gasteiger partial charge is 0.375 e. The molecule has 1 fully saturated rings. The molecule has 0 spiro atoms. The maximum absolute atomic E-state index is 13.4. The number of nitrogens with one attached hydrogen (secondary N) is 1. The minimum Gasteiger partial charge on any atom is -0.375 e. The van der Waals surface area contributed by atoms with E-state index in [2.05, 4.69) is 5.32 Å². The summed E-state index contributed by atoms with van der Waals surface area (Å²) in [6, 6.07) is 1.97. The highest BCUT2D eigenvalue weighted by Gasteiger charge is 2.24. The van der Waals surface area contributed by atoms with E-state index in [1.165, 1.54) is 6.07 Å². The number of benzene rings is 1. The van der Waals surface area contributed by atoms with Gasteiger partial charge < -0.3 is 11.1 Å². The van der Waals surface area contributed by atoms with Gasteiger partial charge in [0.05, 0.1) is 16.0 Å². The number of hydrogen-bond donors (Lipinski definition) is 2. The van der Waals surface area contributed by atoms with Gasteiger partial charge in [-0.2, -0.15) is 0 Å². The molecule has 110 valence electrons. The molecule has 0 aliphatic heterocycles. The van der Waals surface area contributed by atoms with E-state index in [1.54, 1.807) is 0 Å². The van der Waals surface area contributed by atoms with Crippen LogP contribution in [0.4, 0.5) is 15.8 Å². The number of nitrogens with two attached hydrogens (primary N) is 1.